The molecule has 1 saturated heterocycles. The topological polar surface area (TPSA) is 84.5 Å². The number of anilines is 1. The van der Waals surface area contributed by atoms with Gasteiger partial charge in [0.25, 0.3) is 0 Å². The van der Waals surface area contributed by atoms with Gasteiger partial charge in [0.1, 0.15) is 6.04 Å². The molecule has 1 heterocycles. The van der Waals surface area contributed by atoms with Crippen LogP contribution >= 0.6 is 0 Å². The maximum atomic E-state index is 12.4. The van der Waals surface area contributed by atoms with Crippen LogP contribution in [0, 0.1) is 13.8 Å². The fourth-order valence-electron chi connectivity index (χ4n) is 2.31. The van der Waals surface area contributed by atoms with Crippen molar-refractivity contribution in [3.05, 3.63) is 29.3 Å². The van der Waals surface area contributed by atoms with Crippen molar-refractivity contribution in [2.75, 3.05) is 18.4 Å². The lowest BCUT2D eigenvalue weighted by molar-refractivity contribution is -0.142. The third-order valence-corrected chi connectivity index (χ3v) is 5.54. The minimum Gasteiger partial charge on any atom is -0.468 e. The molecule has 6 nitrogen and oxygen atoms in total. The lowest BCUT2D eigenvalue weighted by Crippen LogP contribution is -2.31. The Morgan fingerprint density at radius 3 is 2.67 bits per heavy atom. The summed E-state index contributed by atoms with van der Waals surface area (Å²) in [7, 11) is -2.25. The number of rotatable bonds is 4. The fourth-order valence-corrected chi connectivity index (χ4v) is 3.70. The zero-order valence-electron chi connectivity index (χ0n) is 12.3. The molecule has 116 valence electrons. The van der Waals surface area contributed by atoms with Gasteiger partial charge in [-0.25, -0.2) is 8.42 Å². The molecule has 2 rings (SSSR count). The summed E-state index contributed by atoms with van der Waals surface area (Å²) < 4.78 is 31.9. The van der Waals surface area contributed by atoms with E-state index < -0.39 is 27.3 Å². The second-order valence-electron chi connectivity index (χ2n) is 5.29. The first-order valence-corrected chi connectivity index (χ1v) is 8.28. The van der Waals surface area contributed by atoms with E-state index in [1.165, 1.54) is 7.11 Å². The molecule has 0 amide bonds. The van der Waals surface area contributed by atoms with Crippen LogP contribution in [0.25, 0.3) is 0 Å². The molecule has 21 heavy (non-hydrogen) atoms. The molecule has 1 aliphatic heterocycles. The molecule has 2 atom stereocenters. The largest absolute Gasteiger partial charge is 0.468 e. The summed E-state index contributed by atoms with van der Waals surface area (Å²) in [5.41, 5.74) is 2.66. The van der Waals surface area contributed by atoms with Gasteiger partial charge in [-0.05, 0) is 43.5 Å². The summed E-state index contributed by atoms with van der Waals surface area (Å²) in [6.07, 6.45) is 0.215. The first-order valence-electron chi connectivity index (χ1n) is 6.73. The first-order chi connectivity index (χ1) is 9.83. The number of carbonyl (C=O) groups is 1. The van der Waals surface area contributed by atoms with Crippen molar-refractivity contribution < 1.29 is 17.9 Å². The van der Waals surface area contributed by atoms with Crippen LogP contribution in [0.5, 0.6) is 0 Å². The number of esters is 1. The Morgan fingerprint density at radius 1 is 1.33 bits per heavy atom. The highest BCUT2D eigenvalue weighted by Crippen LogP contribution is 2.21. The van der Waals surface area contributed by atoms with Gasteiger partial charge in [-0.15, -0.1) is 0 Å². The second-order valence-corrected chi connectivity index (χ2v) is 7.25. The molecule has 1 aliphatic rings. The third kappa shape index (κ3) is 3.54. The van der Waals surface area contributed by atoms with E-state index in [-0.39, 0.29) is 13.0 Å². The minimum absolute atomic E-state index is 0.215. The van der Waals surface area contributed by atoms with E-state index in [4.69, 9.17) is 0 Å². The highest BCUT2D eigenvalue weighted by molar-refractivity contribution is 7.93. The molecule has 1 aromatic rings. The number of methoxy groups -OCH3 is 1. The van der Waals surface area contributed by atoms with E-state index in [9.17, 15) is 13.2 Å². The zero-order valence-corrected chi connectivity index (χ0v) is 13.2. The Bertz CT molecular complexity index is 642. The Balaban J connectivity index is 2.09. The number of hydrogen-bond donors (Lipinski definition) is 2. The number of carbonyl (C=O) groups excluding carboxylic acids is 1. The van der Waals surface area contributed by atoms with Gasteiger partial charge in [0, 0.05) is 12.2 Å². The Kier molecular flexibility index (Phi) is 4.53. The van der Waals surface area contributed by atoms with Crippen molar-refractivity contribution in [2.24, 2.45) is 0 Å². The molecule has 2 N–H and O–H groups in total. The number of ether oxygens (including phenoxy) is 1. The highest BCUT2D eigenvalue weighted by Gasteiger charge is 2.37. The van der Waals surface area contributed by atoms with Crippen molar-refractivity contribution in [1.82, 2.24) is 5.32 Å². The number of hydrogen-bond acceptors (Lipinski definition) is 5. The maximum absolute atomic E-state index is 12.4. The molecule has 1 aromatic carbocycles. The molecule has 0 aliphatic carbocycles. The molecule has 1 fully saturated rings. The third-order valence-electron chi connectivity index (χ3n) is 3.78. The Labute approximate surface area is 124 Å². The number of sulfonamides is 1. The van der Waals surface area contributed by atoms with E-state index in [1.807, 2.05) is 19.9 Å². The van der Waals surface area contributed by atoms with Crippen molar-refractivity contribution in [1.29, 1.82) is 0 Å². The van der Waals surface area contributed by atoms with Crippen LogP contribution in [-0.2, 0) is 19.6 Å². The van der Waals surface area contributed by atoms with Crippen LogP contribution in [-0.4, -0.2) is 39.3 Å². The Morgan fingerprint density at radius 2 is 2.05 bits per heavy atom. The highest BCUT2D eigenvalue weighted by atomic mass is 32.2. The summed E-state index contributed by atoms with van der Waals surface area (Å²) in [5.74, 6) is -0.432. The Hall–Kier alpha value is -1.60. The van der Waals surface area contributed by atoms with Crippen LogP contribution in [0.2, 0.25) is 0 Å². The summed E-state index contributed by atoms with van der Waals surface area (Å²) in [5, 5.41) is 2.23. The summed E-state index contributed by atoms with van der Waals surface area (Å²) >= 11 is 0. The molecule has 2 unspecified atom stereocenters. The second kappa shape index (κ2) is 6.03. The molecule has 7 heteroatoms. The molecular formula is C14H20N2O4S. The van der Waals surface area contributed by atoms with Crippen LogP contribution in [0.3, 0.4) is 0 Å². The molecule has 0 bridgehead atoms. The van der Waals surface area contributed by atoms with Crippen LogP contribution in [0.15, 0.2) is 18.2 Å². The lowest BCUT2D eigenvalue weighted by atomic mass is 10.1. The van der Waals surface area contributed by atoms with Crippen molar-refractivity contribution in [2.45, 2.75) is 31.6 Å². The van der Waals surface area contributed by atoms with Crippen molar-refractivity contribution >= 4 is 21.7 Å². The van der Waals surface area contributed by atoms with Gasteiger partial charge < -0.3 is 10.1 Å². The van der Waals surface area contributed by atoms with Gasteiger partial charge in [-0.3, -0.25) is 9.52 Å². The number of aryl methyl sites for hydroxylation is 2. The fraction of sp³-hybridized carbons (Fsp3) is 0.500. The quantitative estimate of drug-likeness (QED) is 0.809. The van der Waals surface area contributed by atoms with Crippen LogP contribution in [0.4, 0.5) is 5.69 Å². The van der Waals surface area contributed by atoms with Gasteiger partial charge >= 0.3 is 5.97 Å². The van der Waals surface area contributed by atoms with Crippen LogP contribution < -0.4 is 10.0 Å². The predicted molar refractivity (Wildman–Crippen MR) is 80.7 cm³/mol. The van der Waals surface area contributed by atoms with E-state index >= 15 is 0 Å². The lowest BCUT2D eigenvalue weighted by Gasteiger charge is -2.14. The van der Waals surface area contributed by atoms with Crippen LogP contribution in [0.1, 0.15) is 17.5 Å². The smallest absolute Gasteiger partial charge is 0.322 e. The van der Waals surface area contributed by atoms with Gasteiger partial charge in [0.05, 0.1) is 12.4 Å². The average molecular weight is 312 g/mol. The van der Waals surface area contributed by atoms with Gasteiger partial charge in [0.15, 0.2) is 0 Å². The normalized spacial score (nSPS) is 22.0. The number of benzene rings is 1. The van der Waals surface area contributed by atoms with Gasteiger partial charge in [0.2, 0.25) is 10.0 Å². The monoisotopic (exact) mass is 312 g/mol. The maximum Gasteiger partial charge on any atom is 0.322 e. The zero-order chi connectivity index (χ0) is 15.6. The van der Waals surface area contributed by atoms with Crippen molar-refractivity contribution in [3.63, 3.8) is 0 Å². The van der Waals surface area contributed by atoms with E-state index in [1.54, 1.807) is 12.1 Å². The summed E-state index contributed by atoms with van der Waals surface area (Å²) in [6.45, 7) is 4.13. The molecule has 0 saturated carbocycles. The van der Waals surface area contributed by atoms with Gasteiger partial charge in [-0.2, -0.15) is 0 Å². The first kappa shape index (κ1) is 15.8. The van der Waals surface area contributed by atoms with E-state index in [0.29, 0.717) is 5.69 Å². The molecule has 0 radical (unpaired) electrons. The molecular weight excluding hydrogens is 292 g/mol. The molecule has 0 spiro atoms. The minimum atomic E-state index is -3.54. The van der Waals surface area contributed by atoms with Gasteiger partial charge in [-0.1, -0.05) is 6.07 Å². The SMILES string of the molecule is COC(=O)C1CC(S(=O)(=O)Nc2ccc(C)c(C)c2)CN1. The van der Waals surface area contributed by atoms with E-state index in [2.05, 4.69) is 14.8 Å². The summed E-state index contributed by atoms with van der Waals surface area (Å²) in [4.78, 5) is 11.4. The summed E-state index contributed by atoms with van der Waals surface area (Å²) in [6, 6.07) is 4.85. The standard InChI is InChI=1S/C14H20N2O4S/c1-9-4-5-11(6-10(9)2)16-21(18,19)12-7-13(15-8-12)14(17)20-3/h4-6,12-13,15-16H,7-8H2,1-3H3. The predicted octanol–water partition coefficient (Wildman–Crippen LogP) is 0.949. The number of nitrogens with one attached hydrogen (secondary N) is 2. The van der Waals surface area contributed by atoms with E-state index in [0.717, 1.165) is 11.1 Å². The van der Waals surface area contributed by atoms with Crippen molar-refractivity contribution in [3.8, 4) is 0 Å². The average Bonchev–Trinajstić information content (AvgIpc) is 2.92. The molecule has 0 aromatic heterocycles.